The molecule has 1 aliphatic rings. The fourth-order valence-corrected chi connectivity index (χ4v) is 2.41. The van der Waals surface area contributed by atoms with Gasteiger partial charge >= 0.3 is 0 Å². The number of para-hydroxylation sites is 1. The highest BCUT2D eigenvalue weighted by Crippen LogP contribution is 2.25. The van der Waals surface area contributed by atoms with Crippen LogP contribution in [-0.2, 0) is 11.2 Å². The summed E-state index contributed by atoms with van der Waals surface area (Å²) in [5, 5.41) is 13.6. The zero-order valence-corrected chi connectivity index (χ0v) is 10.9. The minimum atomic E-state index is -0.370. The van der Waals surface area contributed by atoms with Crippen LogP contribution in [0.5, 0.6) is 0 Å². The smallest absolute Gasteiger partial charge is 0.265 e. The number of nitrogens with zero attached hydrogens (tertiary/aromatic N) is 2. The normalized spacial score (nSPS) is 15.1. The van der Waals surface area contributed by atoms with Gasteiger partial charge in [-0.25, -0.2) is 0 Å². The average molecular weight is 261 g/mol. The van der Waals surface area contributed by atoms with E-state index in [9.17, 15) is 4.79 Å². The van der Waals surface area contributed by atoms with Crippen LogP contribution >= 0.6 is 0 Å². The molecular weight excluding hydrogens is 242 g/mol. The molecule has 1 amide bonds. The van der Waals surface area contributed by atoms with Crippen LogP contribution in [0, 0.1) is 0 Å². The van der Waals surface area contributed by atoms with Gasteiger partial charge in [0.25, 0.3) is 5.91 Å². The van der Waals surface area contributed by atoms with Crippen molar-refractivity contribution in [2.75, 3.05) is 24.5 Å². The van der Waals surface area contributed by atoms with Gasteiger partial charge in [0.1, 0.15) is 6.21 Å². The van der Waals surface area contributed by atoms with E-state index in [2.05, 4.69) is 33.6 Å². The summed E-state index contributed by atoms with van der Waals surface area (Å²) in [6.07, 6.45) is 4.37. The Morgan fingerprint density at radius 2 is 2.26 bits per heavy atom. The summed E-state index contributed by atoms with van der Waals surface area (Å²) in [6.45, 7) is 2.32. The lowest BCUT2D eigenvalue weighted by Gasteiger charge is -2.24. The Morgan fingerprint density at radius 3 is 3.11 bits per heavy atom. The highest BCUT2D eigenvalue weighted by Gasteiger charge is 2.14. The van der Waals surface area contributed by atoms with Crippen molar-refractivity contribution in [1.29, 1.82) is 0 Å². The molecule has 102 valence electrons. The van der Waals surface area contributed by atoms with Gasteiger partial charge in [0.2, 0.25) is 0 Å². The van der Waals surface area contributed by atoms with Crippen LogP contribution in [0.25, 0.3) is 0 Å². The number of anilines is 1. The molecule has 0 spiro atoms. The van der Waals surface area contributed by atoms with E-state index in [0.29, 0.717) is 6.54 Å². The van der Waals surface area contributed by atoms with E-state index < -0.39 is 0 Å². The van der Waals surface area contributed by atoms with Gasteiger partial charge in [-0.15, -0.1) is 0 Å². The third-order valence-electron chi connectivity index (χ3n) is 3.31. The molecule has 0 unspecified atom stereocenters. The molecule has 19 heavy (non-hydrogen) atoms. The number of fused-ring (bicyclic) bond motifs is 1. The molecule has 0 radical (unpaired) electrons. The van der Waals surface area contributed by atoms with Gasteiger partial charge in [-0.3, -0.25) is 4.79 Å². The predicted molar refractivity (Wildman–Crippen MR) is 74.9 cm³/mol. The largest absolute Gasteiger partial charge is 0.411 e. The van der Waals surface area contributed by atoms with Crippen molar-refractivity contribution < 1.29 is 10.0 Å². The first-order valence-corrected chi connectivity index (χ1v) is 6.59. The molecule has 1 aliphatic heterocycles. The summed E-state index contributed by atoms with van der Waals surface area (Å²) in [6, 6.07) is 8.43. The van der Waals surface area contributed by atoms with Gasteiger partial charge in [0.05, 0.1) is 0 Å². The van der Waals surface area contributed by atoms with Crippen LogP contribution in [0.15, 0.2) is 29.4 Å². The third kappa shape index (κ3) is 3.71. The van der Waals surface area contributed by atoms with Crippen molar-refractivity contribution in [2.24, 2.45) is 5.16 Å². The van der Waals surface area contributed by atoms with E-state index >= 15 is 0 Å². The van der Waals surface area contributed by atoms with Gasteiger partial charge in [-0.05, 0) is 30.9 Å². The Morgan fingerprint density at radius 1 is 1.42 bits per heavy atom. The molecule has 1 aromatic rings. The maximum atomic E-state index is 11.2. The van der Waals surface area contributed by atoms with E-state index in [1.807, 2.05) is 6.07 Å². The molecular formula is C14H19N3O2. The molecule has 5 nitrogen and oxygen atoms in total. The lowest BCUT2D eigenvalue weighted by molar-refractivity contribution is -0.114. The first-order valence-electron chi connectivity index (χ1n) is 6.59. The monoisotopic (exact) mass is 261 g/mol. The topological polar surface area (TPSA) is 64.9 Å². The van der Waals surface area contributed by atoms with Crippen LogP contribution in [0.1, 0.15) is 18.4 Å². The zero-order valence-electron chi connectivity index (χ0n) is 10.9. The van der Waals surface area contributed by atoms with Crippen molar-refractivity contribution in [3.63, 3.8) is 0 Å². The van der Waals surface area contributed by atoms with Crippen molar-refractivity contribution >= 4 is 17.8 Å². The molecule has 1 aromatic carbocycles. The minimum Gasteiger partial charge on any atom is -0.411 e. The fraction of sp³-hybridized carbons (Fsp3) is 0.429. The fourth-order valence-electron chi connectivity index (χ4n) is 2.41. The van der Waals surface area contributed by atoms with E-state index in [1.165, 1.54) is 24.1 Å². The number of rotatable bonds is 4. The summed E-state index contributed by atoms with van der Waals surface area (Å²) in [5.74, 6) is -0.370. The second kappa shape index (κ2) is 6.78. The van der Waals surface area contributed by atoms with Crippen molar-refractivity contribution in [1.82, 2.24) is 5.32 Å². The first kappa shape index (κ1) is 13.4. The molecule has 0 saturated carbocycles. The summed E-state index contributed by atoms with van der Waals surface area (Å²) < 4.78 is 0. The number of carbonyl (C=O) groups excluding carboxylic acids is 1. The number of hydrogen-bond acceptors (Lipinski definition) is 4. The molecule has 0 fully saturated rings. The quantitative estimate of drug-likeness (QED) is 0.489. The molecule has 0 atom stereocenters. The number of amides is 1. The molecule has 0 bridgehead atoms. The first-order chi connectivity index (χ1) is 9.31. The molecule has 0 saturated heterocycles. The van der Waals surface area contributed by atoms with E-state index in [1.54, 1.807) is 0 Å². The Hall–Kier alpha value is -2.04. The van der Waals surface area contributed by atoms with Crippen molar-refractivity contribution in [3.8, 4) is 0 Å². The Kier molecular flexibility index (Phi) is 4.78. The van der Waals surface area contributed by atoms with E-state index in [4.69, 9.17) is 5.21 Å². The van der Waals surface area contributed by atoms with Crippen molar-refractivity contribution in [3.05, 3.63) is 29.8 Å². The lowest BCUT2D eigenvalue weighted by Crippen LogP contribution is -2.35. The minimum absolute atomic E-state index is 0.370. The predicted octanol–water partition coefficient (Wildman–Crippen LogP) is 1.41. The number of carbonyl (C=O) groups is 1. The summed E-state index contributed by atoms with van der Waals surface area (Å²) >= 11 is 0. The molecule has 5 heteroatoms. The van der Waals surface area contributed by atoms with Gasteiger partial charge in [0, 0.05) is 25.3 Å². The van der Waals surface area contributed by atoms with E-state index in [-0.39, 0.29) is 5.91 Å². The van der Waals surface area contributed by atoms with Gasteiger partial charge < -0.3 is 15.4 Å². The van der Waals surface area contributed by atoms with Crippen LogP contribution in [0.3, 0.4) is 0 Å². The molecule has 0 aliphatic carbocycles. The maximum absolute atomic E-state index is 11.2. The van der Waals surface area contributed by atoms with Crippen LogP contribution in [0.4, 0.5) is 5.69 Å². The number of benzene rings is 1. The van der Waals surface area contributed by atoms with Crippen molar-refractivity contribution in [2.45, 2.75) is 19.3 Å². The number of aryl methyl sites for hydroxylation is 1. The third-order valence-corrected chi connectivity index (χ3v) is 3.31. The number of oxime groups is 1. The van der Waals surface area contributed by atoms with Gasteiger partial charge in [-0.2, -0.15) is 0 Å². The second-order valence-corrected chi connectivity index (χ2v) is 4.61. The second-order valence-electron chi connectivity index (χ2n) is 4.61. The summed E-state index contributed by atoms with van der Waals surface area (Å²) in [5.41, 5.74) is 2.65. The van der Waals surface area contributed by atoms with Gasteiger partial charge in [-0.1, -0.05) is 23.4 Å². The Bertz CT molecular complexity index is 460. The van der Waals surface area contributed by atoms with Crippen LogP contribution < -0.4 is 10.2 Å². The molecule has 1 heterocycles. The SMILES string of the molecule is O=C(/C=N/O)NCCN1CCCCc2ccccc21. The molecule has 2 rings (SSSR count). The zero-order chi connectivity index (χ0) is 13.5. The maximum Gasteiger partial charge on any atom is 0.265 e. The Balaban J connectivity index is 1.95. The standard InChI is InChI=1S/C14H19N3O2/c18-14(11-16-19)15-8-10-17-9-4-3-6-12-5-1-2-7-13(12)17/h1-2,5,7,11,19H,3-4,6,8-10H2,(H,15,18)/b16-11+. The number of hydrogen-bond donors (Lipinski definition) is 2. The average Bonchev–Trinajstić information content (AvgIpc) is 2.62. The highest BCUT2D eigenvalue weighted by atomic mass is 16.4. The van der Waals surface area contributed by atoms with E-state index in [0.717, 1.165) is 25.7 Å². The number of nitrogens with one attached hydrogen (secondary N) is 1. The molecule has 2 N–H and O–H groups in total. The summed E-state index contributed by atoms with van der Waals surface area (Å²) in [7, 11) is 0. The lowest BCUT2D eigenvalue weighted by atomic mass is 10.1. The molecule has 0 aromatic heterocycles. The highest BCUT2D eigenvalue weighted by molar-refractivity contribution is 6.25. The van der Waals surface area contributed by atoms with Crippen LogP contribution in [0.2, 0.25) is 0 Å². The van der Waals surface area contributed by atoms with Gasteiger partial charge in [0.15, 0.2) is 0 Å². The van der Waals surface area contributed by atoms with Crippen LogP contribution in [-0.4, -0.2) is 37.0 Å². The Labute approximate surface area is 112 Å². The summed E-state index contributed by atoms with van der Waals surface area (Å²) in [4.78, 5) is 13.5.